The minimum atomic E-state index is -4.46. The number of thiophene rings is 2. The van der Waals surface area contributed by atoms with Gasteiger partial charge in [-0.3, -0.25) is 4.79 Å². The van der Waals surface area contributed by atoms with Crippen LogP contribution in [0.4, 0.5) is 18.2 Å². The van der Waals surface area contributed by atoms with Crippen molar-refractivity contribution in [1.82, 2.24) is 10.2 Å². The number of hydrogen-bond donors (Lipinski definition) is 2. The molecule has 0 atom stereocenters. The summed E-state index contributed by atoms with van der Waals surface area (Å²) in [5, 5.41) is 6.07. The third-order valence-corrected chi connectivity index (χ3v) is 7.89. The van der Waals surface area contributed by atoms with Gasteiger partial charge in [0.1, 0.15) is 9.88 Å². The molecular weight excluding hydrogens is 475 g/mol. The molecule has 1 aliphatic heterocycles. The van der Waals surface area contributed by atoms with Crippen molar-refractivity contribution in [2.75, 3.05) is 25.5 Å². The van der Waals surface area contributed by atoms with E-state index in [1.807, 2.05) is 25.8 Å². The Morgan fingerprint density at radius 1 is 1.21 bits per heavy atom. The molecule has 1 aliphatic rings. The van der Waals surface area contributed by atoms with Crippen molar-refractivity contribution < 1.29 is 27.5 Å². The minimum Gasteiger partial charge on any atom is -0.459 e. The fourth-order valence-electron chi connectivity index (χ4n) is 3.69. The number of likely N-dealkylation sites (N-methyl/N-ethyl adjacent to an activating group) is 1. The van der Waals surface area contributed by atoms with Crippen LogP contribution < -0.4 is 10.6 Å². The number of nitrogens with zero attached hydrogens (tertiary/aromatic N) is 1. The number of carbonyl (C=O) groups excluding carboxylic acids is 2. The maximum Gasteiger partial charge on any atom is 0.425 e. The van der Waals surface area contributed by atoms with Gasteiger partial charge in [0.15, 0.2) is 0 Å². The Morgan fingerprint density at radius 3 is 2.55 bits per heavy atom. The highest BCUT2D eigenvalue weighted by atomic mass is 32.1. The molecule has 0 spiro atoms. The van der Waals surface area contributed by atoms with Gasteiger partial charge >= 0.3 is 12.1 Å². The Labute approximate surface area is 199 Å². The molecule has 3 heterocycles. The average Bonchev–Trinajstić information content (AvgIpc) is 3.20. The van der Waals surface area contributed by atoms with Gasteiger partial charge in [0.05, 0.1) is 18.2 Å². The van der Waals surface area contributed by atoms with Crippen molar-refractivity contribution in [2.45, 2.75) is 59.5 Å². The van der Waals surface area contributed by atoms with E-state index in [1.54, 1.807) is 13.8 Å². The van der Waals surface area contributed by atoms with Crippen LogP contribution in [0.5, 0.6) is 0 Å². The van der Waals surface area contributed by atoms with Crippen molar-refractivity contribution in [3.63, 3.8) is 0 Å². The molecule has 2 aromatic heterocycles. The van der Waals surface area contributed by atoms with Crippen LogP contribution in [0.15, 0.2) is 0 Å². The van der Waals surface area contributed by atoms with E-state index in [2.05, 4.69) is 10.6 Å². The first-order valence-corrected chi connectivity index (χ1v) is 12.2. The lowest BCUT2D eigenvalue weighted by Crippen LogP contribution is -2.31. The number of esters is 1. The summed E-state index contributed by atoms with van der Waals surface area (Å²) >= 11 is 2.10. The predicted molar refractivity (Wildman–Crippen MR) is 124 cm³/mol. The largest absolute Gasteiger partial charge is 0.459 e. The Morgan fingerprint density at radius 2 is 1.91 bits per heavy atom. The summed E-state index contributed by atoms with van der Waals surface area (Å²) in [7, 11) is 1.88. The summed E-state index contributed by atoms with van der Waals surface area (Å²) in [6.07, 6.45) is -4.22. The summed E-state index contributed by atoms with van der Waals surface area (Å²) in [5.41, 5.74) is 2.02. The Bertz CT molecular complexity index is 1040. The molecule has 1 amide bonds. The maximum absolute atomic E-state index is 13.6. The Balaban J connectivity index is 1.69. The lowest BCUT2D eigenvalue weighted by Gasteiger charge is -2.23. The van der Waals surface area contributed by atoms with Crippen LogP contribution in [0, 0.1) is 13.8 Å². The number of anilines is 1. The van der Waals surface area contributed by atoms with Gasteiger partial charge in [-0.05, 0) is 57.9 Å². The third-order valence-electron chi connectivity index (χ3n) is 5.42. The normalized spacial score (nSPS) is 14.3. The number of rotatable bonds is 7. The number of nitrogens with one attached hydrogen (secondary N) is 2. The Hall–Kier alpha value is -2.11. The summed E-state index contributed by atoms with van der Waals surface area (Å²) in [5.74, 6) is -0.928. The first kappa shape index (κ1) is 25.5. The monoisotopic (exact) mass is 503 g/mol. The van der Waals surface area contributed by atoms with Crippen LogP contribution in [0.3, 0.4) is 0 Å². The summed E-state index contributed by atoms with van der Waals surface area (Å²) in [6, 6.07) is 0. The quantitative estimate of drug-likeness (QED) is 0.535. The molecule has 182 valence electrons. The van der Waals surface area contributed by atoms with Crippen LogP contribution in [-0.4, -0.2) is 43.0 Å². The van der Waals surface area contributed by atoms with Crippen LogP contribution >= 0.6 is 22.7 Å². The highest BCUT2D eigenvalue weighted by Crippen LogP contribution is 2.42. The van der Waals surface area contributed by atoms with E-state index in [0.29, 0.717) is 40.5 Å². The van der Waals surface area contributed by atoms with Gasteiger partial charge in [-0.2, -0.15) is 13.2 Å². The third kappa shape index (κ3) is 5.88. The van der Waals surface area contributed by atoms with E-state index in [0.717, 1.165) is 21.8 Å². The molecule has 0 radical (unpaired) electrons. The van der Waals surface area contributed by atoms with Crippen molar-refractivity contribution in [1.29, 1.82) is 0 Å². The molecule has 0 saturated carbocycles. The van der Waals surface area contributed by atoms with Crippen molar-refractivity contribution in [3.8, 4) is 0 Å². The minimum absolute atomic E-state index is 0.160. The second kappa shape index (κ2) is 10.0. The zero-order valence-corrected chi connectivity index (χ0v) is 20.9. The molecule has 11 heteroatoms. The fourth-order valence-corrected chi connectivity index (χ4v) is 6.05. The highest BCUT2D eigenvalue weighted by Gasteiger charge is 2.38. The van der Waals surface area contributed by atoms with Gasteiger partial charge in [0.25, 0.3) is 0 Å². The smallest absolute Gasteiger partial charge is 0.425 e. The van der Waals surface area contributed by atoms with Gasteiger partial charge in [0, 0.05) is 29.4 Å². The summed E-state index contributed by atoms with van der Waals surface area (Å²) in [4.78, 5) is 27.9. The number of halogens is 3. The second-order valence-corrected chi connectivity index (χ2v) is 10.7. The number of carbonyl (C=O) groups is 2. The fraction of sp³-hybridized carbons (Fsp3) is 0.545. The van der Waals surface area contributed by atoms with E-state index < -0.39 is 22.9 Å². The van der Waals surface area contributed by atoms with Gasteiger partial charge in [-0.25, -0.2) is 4.79 Å². The molecule has 0 unspecified atom stereocenters. The summed E-state index contributed by atoms with van der Waals surface area (Å²) < 4.78 is 46.1. The topological polar surface area (TPSA) is 70.7 Å². The van der Waals surface area contributed by atoms with Crippen LogP contribution in [0.2, 0.25) is 0 Å². The standard InChI is InChI=1S/C22H28F3N3O3S2/c1-11(2)31-21(30)18-12(3)13(4)32-20(18)27-9-17(29)26-8-15-14-6-7-28(5)10-16(14)33-19(15)22(23,24)25/h11,27H,6-10H2,1-5H3,(H,26,29). The average molecular weight is 504 g/mol. The van der Waals surface area contributed by atoms with E-state index in [-0.39, 0.29) is 24.8 Å². The molecule has 0 saturated heterocycles. The number of hydrogen-bond acceptors (Lipinski definition) is 7. The van der Waals surface area contributed by atoms with Crippen molar-refractivity contribution in [3.05, 3.63) is 36.9 Å². The van der Waals surface area contributed by atoms with Crippen LogP contribution in [0.25, 0.3) is 0 Å². The van der Waals surface area contributed by atoms with Gasteiger partial charge in [-0.1, -0.05) is 0 Å². The lowest BCUT2D eigenvalue weighted by atomic mass is 10.0. The molecule has 6 nitrogen and oxygen atoms in total. The van der Waals surface area contributed by atoms with Gasteiger partial charge < -0.3 is 20.3 Å². The summed E-state index contributed by atoms with van der Waals surface area (Å²) in [6.45, 7) is 7.98. The van der Waals surface area contributed by atoms with Gasteiger partial charge in [0.2, 0.25) is 5.91 Å². The number of aryl methyl sites for hydroxylation is 1. The van der Waals surface area contributed by atoms with Crippen LogP contribution in [-0.2, 0) is 35.2 Å². The molecule has 3 rings (SSSR count). The highest BCUT2D eigenvalue weighted by molar-refractivity contribution is 7.16. The van der Waals surface area contributed by atoms with E-state index in [4.69, 9.17) is 4.74 Å². The first-order chi connectivity index (χ1) is 15.4. The van der Waals surface area contributed by atoms with Crippen molar-refractivity contribution >= 4 is 39.6 Å². The molecule has 2 N–H and O–H groups in total. The molecule has 0 aromatic carbocycles. The van der Waals surface area contributed by atoms with Gasteiger partial charge in [-0.15, -0.1) is 22.7 Å². The van der Waals surface area contributed by atoms with E-state index >= 15 is 0 Å². The first-order valence-electron chi connectivity index (χ1n) is 10.6. The molecule has 2 aromatic rings. The number of alkyl halides is 3. The molecule has 0 fully saturated rings. The molecule has 33 heavy (non-hydrogen) atoms. The van der Waals surface area contributed by atoms with E-state index in [1.165, 1.54) is 11.3 Å². The van der Waals surface area contributed by atoms with E-state index in [9.17, 15) is 22.8 Å². The molecule has 0 bridgehead atoms. The number of ether oxygens (including phenoxy) is 1. The number of amides is 1. The molecular formula is C22H28F3N3O3S2. The number of fused-ring (bicyclic) bond motifs is 1. The van der Waals surface area contributed by atoms with Crippen LogP contribution in [0.1, 0.15) is 55.5 Å². The van der Waals surface area contributed by atoms with Crippen molar-refractivity contribution in [2.24, 2.45) is 0 Å². The SMILES string of the molecule is Cc1sc(NCC(=O)NCc2c(C(F)(F)F)sc3c2CCN(C)C3)c(C(=O)OC(C)C)c1C. The predicted octanol–water partition coefficient (Wildman–Crippen LogP) is 4.73. The zero-order valence-electron chi connectivity index (χ0n) is 19.2. The molecule has 0 aliphatic carbocycles. The lowest BCUT2D eigenvalue weighted by molar-refractivity contribution is -0.135. The second-order valence-electron chi connectivity index (χ2n) is 8.37. The Kier molecular flexibility index (Phi) is 7.75. The maximum atomic E-state index is 13.6. The zero-order chi connectivity index (χ0) is 24.5.